The van der Waals surface area contributed by atoms with E-state index in [-0.39, 0.29) is 17.4 Å². The fraction of sp³-hybridized carbons (Fsp3) is 0.667. The summed E-state index contributed by atoms with van der Waals surface area (Å²) >= 11 is 0. The topological polar surface area (TPSA) is 119 Å². The minimum Gasteiger partial charge on any atom is -0.456 e. The highest BCUT2D eigenvalue weighted by Gasteiger charge is 2.64. The van der Waals surface area contributed by atoms with Gasteiger partial charge in [-0.2, -0.15) is 15.8 Å². The van der Waals surface area contributed by atoms with E-state index in [2.05, 4.69) is 17.0 Å². The molecule has 2 heterocycles. The zero-order chi connectivity index (χ0) is 15.8. The molecule has 0 aromatic carbocycles. The van der Waals surface area contributed by atoms with Gasteiger partial charge in [-0.15, -0.1) is 0 Å². The lowest BCUT2D eigenvalue weighted by atomic mass is 9.66. The lowest BCUT2D eigenvalue weighted by molar-refractivity contribution is -0.195. The molecular weight excluding hydrogens is 282 g/mol. The molecule has 1 aliphatic carbocycles. The zero-order valence-corrected chi connectivity index (χ0v) is 12.2. The van der Waals surface area contributed by atoms with Gasteiger partial charge >= 0.3 is 0 Å². The molecule has 3 aliphatic rings. The number of rotatable bonds is 1. The minimum absolute atomic E-state index is 0.0479. The average molecular weight is 299 g/mol. The molecule has 7 heteroatoms. The predicted octanol–water partition coefficient (Wildman–Crippen LogP) is 0.573. The molecular formula is C15H17N5O2. The number of nitriles is 3. The predicted molar refractivity (Wildman–Crippen MR) is 74.0 cm³/mol. The second-order valence-corrected chi connectivity index (χ2v) is 5.87. The van der Waals surface area contributed by atoms with Crippen LogP contribution >= 0.6 is 0 Å². The van der Waals surface area contributed by atoms with E-state index in [4.69, 9.17) is 15.2 Å². The van der Waals surface area contributed by atoms with Gasteiger partial charge in [0.25, 0.3) is 0 Å². The van der Waals surface area contributed by atoms with Gasteiger partial charge in [0.15, 0.2) is 11.1 Å². The molecule has 0 spiro atoms. The van der Waals surface area contributed by atoms with Crippen LogP contribution in [-0.4, -0.2) is 36.9 Å². The molecule has 2 fully saturated rings. The third-order valence-electron chi connectivity index (χ3n) is 5.03. The van der Waals surface area contributed by atoms with E-state index >= 15 is 0 Å². The van der Waals surface area contributed by atoms with Crippen LogP contribution in [0.2, 0.25) is 0 Å². The van der Waals surface area contributed by atoms with Crippen LogP contribution < -0.4 is 5.73 Å². The summed E-state index contributed by atoms with van der Waals surface area (Å²) in [5.41, 5.74) is 3.58. The van der Waals surface area contributed by atoms with Crippen molar-refractivity contribution in [3.05, 3.63) is 11.5 Å². The van der Waals surface area contributed by atoms with E-state index in [0.29, 0.717) is 39.1 Å². The smallest absolute Gasteiger partial charge is 0.203 e. The summed E-state index contributed by atoms with van der Waals surface area (Å²) in [7, 11) is 0. The van der Waals surface area contributed by atoms with Gasteiger partial charge < -0.3 is 15.2 Å². The first-order valence-corrected chi connectivity index (χ1v) is 7.39. The summed E-state index contributed by atoms with van der Waals surface area (Å²) in [4.78, 5) is 2.12. The van der Waals surface area contributed by atoms with E-state index in [1.807, 2.05) is 6.07 Å². The highest BCUT2D eigenvalue weighted by atomic mass is 16.5. The molecule has 7 nitrogen and oxygen atoms in total. The lowest BCUT2D eigenvalue weighted by Gasteiger charge is -2.51. The summed E-state index contributed by atoms with van der Waals surface area (Å²) in [6.07, 6.45) is 2.19. The molecule has 3 rings (SSSR count). The molecule has 0 radical (unpaired) electrons. The van der Waals surface area contributed by atoms with Crippen molar-refractivity contribution in [1.82, 2.24) is 4.90 Å². The molecule has 0 aromatic heterocycles. The lowest BCUT2D eigenvalue weighted by Crippen LogP contribution is -2.62. The molecule has 0 amide bonds. The maximum atomic E-state index is 9.71. The highest BCUT2D eigenvalue weighted by molar-refractivity contribution is 5.47. The molecule has 2 atom stereocenters. The van der Waals surface area contributed by atoms with Crippen LogP contribution in [-0.2, 0) is 9.47 Å². The van der Waals surface area contributed by atoms with E-state index in [0.717, 1.165) is 6.42 Å². The first-order chi connectivity index (χ1) is 10.6. The van der Waals surface area contributed by atoms with Crippen molar-refractivity contribution in [1.29, 1.82) is 15.8 Å². The van der Waals surface area contributed by atoms with Crippen LogP contribution in [0, 0.1) is 45.3 Å². The third kappa shape index (κ3) is 1.72. The SMILES string of the molecule is N#CC1=C(N)O[C@]2(N3CCOCC3)CCC[C@@H]2C1(C#N)C#N. The number of nitrogens with zero attached hydrogens (tertiary/aromatic N) is 4. The Balaban J connectivity index is 2.14. The summed E-state index contributed by atoms with van der Waals surface area (Å²) in [5, 5.41) is 28.8. The Kier molecular flexibility index (Phi) is 3.45. The Morgan fingerprint density at radius 3 is 2.45 bits per heavy atom. The van der Waals surface area contributed by atoms with Crippen molar-refractivity contribution < 1.29 is 9.47 Å². The van der Waals surface area contributed by atoms with Gasteiger partial charge in [-0.25, -0.2) is 0 Å². The van der Waals surface area contributed by atoms with E-state index in [1.165, 1.54) is 0 Å². The van der Waals surface area contributed by atoms with Crippen molar-refractivity contribution in [2.75, 3.05) is 26.3 Å². The van der Waals surface area contributed by atoms with Crippen LogP contribution in [0.15, 0.2) is 11.5 Å². The van der Waals surface area contributed by atoms with Crippen LogP contribution in [0.1, 0.15) is 19.3 Å². The maximum absolute atomic E-state index is 9.71. The fourth-order valence-corrected chi connectivity index (χ4v) is 4.07. The van der Waals surface area contributed by atoms with Crippen molar-refractivity contribution in [3.8, 4) is 18.2 Å². The first-order valence-electron chi connectivity index (χ1n) is 7.39. The van der Waals surface area contributed by atoms with Crippen LogP contribution in [0.5, 0.6) is 0 Å². The number of nitrogens with two attached hydrogens (primary N) is 1. The van der Waals surface area contributed by atoms with Gasteiger partial charge in [0.2, 0.25) is 5.88 Å². The second-order valence-electron chi connectivity index (χ2n) is 5.87. The Morgan fingerprint density at radius 1 is 1.18 bits per heavy atom. The average Bonchev–Trinajstić information content (AvgIpc) is 2.99. The number of morpholine rings is 1. The minimum atomic E-state index is -1.54. The molecule has 22 heavy (non-hydrogen) atoms. The summed E-state index contributed by atoms with van der Waals surface area (Å²) in [6.45, 7) is 2.49. The van der Waals surface area contributed by atoms with Crippen LogP contribution in [0.4, 0.5) is 0 Å². The number of hydrogen-bond donors (Lipinski definition) is 1. The summed E-state index contributed by atoms with van der Waals surface area (Å²) < 4.78 is 11.4. The molecule has 0 unspecified atom stereocenters. The van der Waals surface area contributed by atoms with Crippen LogP contribution in [0.3, 0.4) is 0 Å². The van der Waals surface area contributed by atoms with E-state index in [1.54, 1.807) is 0 Å². The number of fused-ring (bicyclic) bond motifs is 1. The van der Waals surface area contributed by atoms with Gasteiger partial charge in [-0.1, -0.05) is 0 Å². The molecule has 0 bridgehead atoms. The fourth-order valence-electron chi connectivity index (χ4n) is 4.07. The quantitative estimate of drug-likeness (QED) is 0.751. The Morgan fingerprint density at radius 2 is 1.86 bits per heavy atom. The monoisotopic (exact) mass is 299 g/mol. The Hall–Kier alpha value is -2.27. The molecule has 2 aliphatic heterocycles. The number of ether oxygens (including phenoxy) is 2. The van der Waals surface area contributed by atoms with Gasteiger partial charge in [0.1, 0.15) is 11.6 Å². The highest BCUT2D eigenvalue weighted by Crippen LogP contribution is 2.56. The number of allylic oxidation sites excluding steroid dienone is 1. The molecule has 1 saturated heterocycles. The number of hydrogen-bond acceptors (Lipinski definition) is 7. The first kappa shape index (κ1) is 14.7. The molecule has 0 aromatic rings. The van der Waals surface area contributed by atoms with Gasteiger partial charge in [-0.05, 0) is 12.8 Å². The Labute approximate surface area is 129 Å². The molecule has 2 N–H and O–H groups in total. The molecule has 1 saturated carbocycles. The van der Waals surface area contributed by atoms with E-state index < -0.39 is 11.1 Å². The van der Waals surface area contributed by atoms with Gasteiger partial charge in [0, 0.05) is 19.5 Å². The zero-order valence-electron chi connectivity index (χ0n) is 12.2. The van der Waals surface area contributed by atoms with Gasteiger partial charge in [-0.3, -0.25) is 4.90 Å². The summed E-state index contributed by atoms with van der Waals surface area (Å²) in [5.74, 6) is -0.467. The largest absolute Gasteiger partial charge is 0.456 e. The van der Waals surface area contributed by atoms with Crippen LogP contribution in [0.25, 0.3) is 0 Å². The van der Waals surface area contributed by atoms with Crippen molar-refractivity contribution in [2.24, 2.45) is 17.1 Å². The standard InChI is InChI=1S/C15H17N5O2/c16-8-11-13(19)22-15(20-4-6-21-7-5-20)3-1-2-12(15)14(11,9-17)10-18/h12H,1-7,19H2/t12-,15-/m1/s1. The van der Waals surface area contributed by atoms with Crippen molar-refractivity contribution in [3.63, 3.8) is 0 Å². The van der Waals surface area contributed by atoms with Crippen molar-refractivity contribution in [2.45, 2.75) is 25.0 Å². The normalized spacial score (nSPS) is 34.0. The Bertz CT molecular complexity index is 618. The van der Waals surface area contributed by atoms with Crippen molar-refractivity contribution >= 4 is 0 Å². The molecule has 114 valence electrons. The summed E-state index contributed by atoms with van der Waals surface area (Å²) in [6, 6.07) is 6.07. The van der Waals surface area contributed by atoms with Gasteiger partial charge in [0.05, 0.1) is 31.3 Å². The maximum Gasteiger partial charge on any atom is 0.203 e. The third-order valence-corrected chi connectivity index (χ3v) is 5.03. The second kappa shape index (κ2) is 5.18. The van der Waals surface area contributed by atoms with E-state index in [9.17, 15) is 15.8 Å².